The first-order valence-electron chi connectivity index (χ1n) is 6.79. The van der Waals surface area contributed by atoms with Crippen molar-refractivity contribution in [3.05, 3.63) is 11.7 Å². The van der Waals surface area contributed by atoms with Gasteiger partial charge in [0, 0.05) is 19.0 Å². The first-order chi connectivity index (χ1) is 8.58. The molecule has 1 heterocycles. The van der Waals surface area contributed by atoms with Crippen molar-refractivity contribution in [3.63, 3.8) is 0 Å². The van der Waals surface area contributed by atoms with Gasteiger partial charge in [0.05, 0.1) is 5.92 Å². The van der Waals surface area contributed by atoms with E-state index < -0.39 is 0 Å². The number of nitrogens with one attached hydrogen (secondary N) is 1. The van der Waals surface area contributed by atoms with Gasteiger partial charge in [0.1, 0.15) is 0 Å². The lowest BCUT2D eigenvalue weighted by atomic mass is 9.99. The lowest BCUT2D eigenvalue weighted by Crippen LogP contribution is -2.33. The molecule has 5 heteroatoms. The highest BCUT2D eigenvalue weighted by Crippen LogP contribution is 2.19. The smallest absolute Gasteiger partial charge is 0.231 e. The van der Waals surface area contributed by atoms with Crippen molar-refractivity contribution in [1.29, 1.82) is 0 Å². The Labute approximate surface area is 110 Å². The number of hydrogen-bond acceptors (Lipinski definition) is 5. The Balaban J connectivity index is 2.60. The highest BCUT2D eigenvalue weighted by atomic mass is 16.5. The molecule has 1 aromatic rings. The van der Waals surface area contributed by atoms with Crippen LogP contribution in [0.1, 0.15) is 44.8 Å². The van der Waals surface area contributed by atoms with Crippen molar-refractivity contribution >= 4 is 0 Å². The minimum atomic E-state index is 0.260. The Morgan fingerprint density at radius 2 is 2.06 bits per heavy atom. The molecular weight excluding hydrogens is 228 g/mol. The average Bonchev–Trinajstić information content (AvgIpc) is 2.81. The molecule has 0 fully saturated rings. The molecular formula is C13H26N4O. The number of likely N-dealkylation sites (N-methyl/N-ethyl adjacent to an activating group) is 2. The van der Waals surface area contributed by atoms with Gasteiger partial charge in [0.25, 0.3) is 0 Å². The summed E-state index contributed by atoms with van der Waals surface area (Å²) in [5.74, 6) is 1.81. The lowest BCUT2D eigenvalue weighted by molar-refractivity contribution is 0.318. The predicted octanol–water partition coefficient (Wildman–Crippen LogP) is 1.67. The first-order valence-corrected chi connectivity index (χ1v) is 6.79. The van der Waals surface area contributed by atoms with Gasteiger partial charge in [-0.05, 0) is 27.1 Å². The van der Waals surface area contributed by atoms with Crippen LogP contribution < -0.4 is 5.32 Å². The van der Waals surface area contributed by atoms with E-state index in [2.05, 4.69) is 41.1 Å². The van der Waals surface area contributed by atoms with Gasteiger partial charge < -0.3 is 14.7 Å². The van der Waals surface area contributed by atoms with Crippen LogP contribution in [0.3, 0.4) is 0 Å². The Hall–Kier alpha value is -0.940. The van der Waals surface area contributed by atoms with E-state index >= 15 is 0 Å². The zero-order valence-electron chi connectivity index (χ0n) is 12.2. The van der Waals surface area contributed by atoms with Crippen LogP contribution in [-0.4, -0.2) is 48.3 Å². The molecule has 2 atom stereocenters. The van der Waals surface area contributed by atoms with Gasteiger partial charge in [-0.3, -0.25) is 0 Å². The van der Waals surface area contributed by atoms with E-state index in [9.17, 15) is 0 Å². The third-order valence-electron chi connectivity index (χ3n) is 3.17. The summed E-state index contributed by atoms with van der Waals surface area (Å²) in [5.41, 5.74) is 0. The minimum Gasteiger partial charge on any atom is -0.339 e. The normalized spacial score (nSPS) is 15.0. The highest BCUT2D eigenvalue weighted by molar-refractivity contribution is 4.97. The standard InChI is InChI=1S/C13H26N4O/c1-6-11(14-7-2)10(3)13-15-12(16-18-13)8-9-17(4)5/h10-11,14H,6-9H2,1-5H3. The first kappa shape index (κ1) is 15.1. The summed E-state index contributed by atoms with van der Waals surface area (Å²) in [6.07, 6.45) is 1.89. The zero-order chi connectivity index (χ0) is 13.5. The fourth-order valence-corrected chi connectivity index (χ4v) is 1.99. The van der Waals surface area contributed by atoms with Gasteiger partial charge in [-0.1, -0.05) is 25.9 Å². The largest absolute Gasteiger partial charge is 0.339 e. The van der Waals surface area contributed by atoms with Crippen molar-refractivity contribution in [1.82, 2.24) is 20.4 Å². The average molecular weight is 254 g/mol. The molecule has 0 aromatic carbocycles. The summed E-state index contributed by atoms with van der Waals surface area (Å²) >= 11 is 0. The topological polar surface area (TPSA) is 54.2 Å². The number of rotatable bonds is 8. The van der Waals surface area contributed by atoms with Crippen LogP contribution in [-0.2, 0) is 6.42 Å². The second-order valence-corrected chi connectivity index (χ2v) is 4.96. The van der Waals surface area contributed by atoms with Gasteiger partial charge in [-0.25, -0.2) is 0 Å². The van der Waals surface area contributed by atoms with E-state index in [0.29, 0.717) is 6.04 Å². The molecule has 1 aromatic heterocycles. The Morgan fingerprint density at radius 3 is 2.61 bits per heavy atom. The quantitative estimate of drug-likeness (QED) is 0.764. The van der Waals surface area contributed by atoms with Crippen LogP contribution in [0.4, 0.5) is 0 Å². The van der Waals surface area contributed by atoms with Gasteiger partial charge in [0.2, 0.25) is 5.89 Å². The molecule has 1 rings (SSSR count). The van der Waals surface area contributed by atoms with E-state index in [-0.39, 0.29) is 5.92 Å². The fourth-order valence-electron chi connectivity index (χ4n) is 1.99. The van der Waals surface area contributed by atoms with Crippen LogP contribution in [0, 0.1) is 0 Å². The van der Waals surface area contributed by atoms with Crippen LogP contribution in [0.25, 0.3) is 0 Å². The SMILES string of the molecule is CCNC(CC)C(C)c1nc(CCN(C)C)no1. The molecule has 0 radical (unpaired) electrons. The van der Waals surface area contributed by atoms with Gasteiger partial charge in [-0.15, -0.1) is 0 Å². The summed E-state index contributed by atoms with van der Waals surface area (Å²) in [6, 6.07) is 0.400. The molecule has 0 amide bonds. The van der Waals surface area contributed by atoms with E-state index in [1.165, 1.54) is 0 Å². The van der Waals surface area contributed by atoms with Crippen molar-refractivity contribution < 1.29 is 4.52 Å². The Bertz CT molecular complexity index is 337. The Kier molecular flexibility index (Phi) is 6.29. The minimum absolute atomic E-state index is 0.260. The second kappa shape index (κ2) is 7.48. The molecule has 104 valence electrons. The molecule has 0 aliphatic carbocycles. The van der Waals surface area contributed by atoms with Crippen molar-refractivity contribution in [2.45, 2.75) is 45.6 Å². The molecule has 0 saturated heterocycles. The Morgan fingerprint density at radius 1 is 1.33 bits per heavy atom. The second-order valence-electron chi connectivity index (χ2n) is 4.96. The summed E-state index contributed by atoms with van der Waals surface area (Å²) < 4.78 is 5.37. The van der Waals surface area contributed by atoms with Crippen molar-refractivity contribution in [2.75, 3.05) is 27.2 Å². The maximum Gasteiger partial charge on any atom is 0.231 e. The third-order valence-corrected chi connectivity index (χ3v) is 3.17. The molecule has 0 aliphatic heterocycles. The highest BCUT2D eigenvalue weighted by Gasteiger charge is 2.22. The molecule has 18 heavy (non-hydrogen) atoms. The number of aromatic nitrogens is 2. The van der Waals surface area contributed by atoms with Gasteiger partial charge in [-0.2, -0.15) is 4.98 Å². The molecule has 0 aliphatic rings. The third kappa shape index (κ3) is 4.38. The van der Waals surface area contributed by atoms with E-state index in [1.807, 2.05) is 14.1 Å². The maximum atomic E-state index is 5.37. The van der Waals surface area contributed by atoms with E-state index in [4.69, 9.17) is 4.52 Å². The molecule has 2 unspecified atom stereocenters. The molecule has 1 N–H and O–H groups in total. The number of nitrogens with zero attached hydrogens (tertiary/aromatic N) is 3. The summed E-state index contributed by atoms with van der Waals surface area (Å²) in [6.45, 7) is 8.33. The van der Waals surface area contributed by atoms with Crippen LogP contribution in [0.15, 0.2) is 4.52 Å². The summed E-state index contributed by atoms with van der Waals surface area (Å²) in [5, 5.41) is 7.50. The molecule has 0 bridgehead atoms. The molecule has 0 saturated carbocycles. The zero-order valence-corrected chi connectivity index (χ0v) is 12.2. The van der Waals surface area contributed by atoms with E-state index in [1.54, 1.807) is 0 Å². The molecule has 0 spiro atoms. The summed E-state index contributed by atoms with van der Waals surface area (Å²) in [4.78, 5) is 6.61. The fraction of sp³-hybridized carbons (Fsp3) is 0.846. The van der Waals surface area contributed by atoms with Crippen molar-refractivity contribution in [2.24, 2.45) is 0 Å². The number of hydrogen-bond donors (Lipinski definition) is 1. The molecule has 5 nitrogen and oxygen atoms in total. The predicted molar refractivity (Wildman–Crippen MR) is 72.7 cm³/mol. The van der Waals surface area contributed by atoms with Gasteiger partial charge >= 0.3 is 0 Å². The monoisotopic (exact) mass is 254 g/mol. The summed E-state index contributed by atoms with van der Waals surface area (Å²) in [7, 11) is 4.09. The van der Waals surface area contributed by atoms with Gasteiger partial charge in [0.15, 0.2) is 5.82 Å². The van der Waals surface area contributed by atoms with E-state index in [0.717, 1.165) is 37.6 Å². The van der Waals surface area contributed by atoms with Crippen molar-refractivity contribution in [3.8, 4) is 0 Å². The van der Waals surface area contributed by atoms with Crippen LogP contribution in [0.2, 0.25) is 0 Å². The van der Waals surface area contributed by atoms with Crippen LogP contribution >= 0.6 is 0 Å². The van der Waals surface area contributed by atoms with Crippen LogP contribution in [0.5, 0.6) is 0 Å². The maximum absolute atomic E-state index is 5.37. The lowest BCUT2D eigenvalue weighted by Gasteiger charge is -2.20.